The van der Waals surface area contributed by atoms with Crippen LogP contribution in [0.15, 0.2) is 51.9 Å². The molecular formula is C18H16ClN3O5S. The van der Waals surface area contributed by atoms with Gasteiger partial charge in [0.05, 0.1) is 29.1 Å². The minimum Gasteiger partial charge on any atom is -0.465 e. The van der Waals surface area contributed by atoms with Crippen LogP contribution >= 0.6 is 11.6 Å². The lowest BCUT2D eigenvalue weighted by molar-refractivity contribution is 0.0600. The summed E-state index contributed by atoms with van der Waals surface area (Å²) in [6, 6.07) is 11.3. The summed E-state index contributed by atoms with van der Waals surface area (Å²) in [5.74, 6) is -0.277. The van der Waals surface area contributed by atoms with E-state index in [0.29, 0.717) is 5.82 Å². The SMILES string of the molecule is COC(=O)c1cc(S(=O)(=O)NCc2nc(-c3cccc(C)c3)no2)ccc1Cl. The number of rotatable bonds is 6. The van der Waals surface area contributed by atoms with Gasteiger partial charge < -0.3 is 9.26 Å². The Morgan fingerprint density at radius 1 is 1.25 bits per heavy atom. The molecule has 10 heteroatoms. The van der Waals surface area contributed by atoms with Crippen LogP contribution in [0.2, 0.25) is 5.02 Å². The Bertz CT molecular complexity index is 1130. The largest absolute Gasteiger partial charge is 0.465 e. The maximum atomic E-state index is 12.5. The monoisotopic (exact) mass is 421 g/mol. The fourth-order valence-electron chi connectivity index (χ4n) is 2.41. The number of esters is 1. The average Bonchev–Trinajstić information content (AvgIpc) is 3.15. The Labute approximate surface area is 166 Å². The van der Waals surface area contributed by atoms with Crippen LogP contribution in [0.5, 0.6) is 0 Å². The van der Waals surface area contributed by atoms with Crippen molar-refractivity contribution >= 4 is 27.6 Å². The summed E-state index contributed by atoms with van der Waals surface area (Å²) in [5.41, 5.74) is 1.75. The van der Waals surface area contributed by atoms with Gasteiger partial charge in [-0.05, 0) is 31.2 Å². The van der Waals surface area contributed by atoms with E-state index in [1.807, 2.05) is 31.2 Å². The van der Waals surface area contributed by atoms with E-state index in [1.54, 1.807) is 0 Å². The molecule has 0 aliphatic carbocycles. The van der Waals surface area contributed by atoms with Crippen LogP contribution in [0.4, 0.5) is 0 Å². The quantitative estimate of drug-likeness (QED) is 0.609. The number of methoxy groups -OCH3 is 1. The number of halogens is 1. The molecule has 146 valence electrons. The lowest BCUT2D eigenvalue weighted by Crippen LogP contribution is -2.23. The van der Waals surface area contributed by atoms with E-state index in [4.69, 9.17) is 16.1 Å². The number of nitrogens with zero attached hydrogens (tertiary/aromatic N) is 2. The highest BCUT2D eigenvalue weighted by Gasteiger charge is 2.20. The van der Waals surface area contributed by atoms with Crippen molar-refractivity contribution in [1.29, 1.82) is 0 Å². The molecule has 0 unspecified atom stereocenters. The zero-order chi connectivity index (χ0) is 20.3. The molecule has 0 bridgehead atoms. The first-order valence-electron chi connectivity index (χ1n) is 8.07. The lowest BCUT2D eigenvalue weighted by Gasteiger charge is -2.07. The van der Waals surface area contributed by atoms with Gasteiger partial charge in [-0.1, -0.05) is 40.5 Å². The number of hydrogen-bond donors (Lipinski definition) is 1. The van der Waals surface area contributed by atoms with Crippen molar-refractivity contribution in [2.24, 2.45) is 0 Å². The molecule has 28 heavy (non-hydrogen) atoms. The first kappa shape index (κ1) is 20.0. The molecule has 0 fully saturated rings. The molecule has 0 atom stereocenters. The van der Waals surface area contributed by atoms with E-state index in [0.717, 1.165) is 17.2 Å². The van der Waals surface area contributed by atoms with Crippen molar-refractivity contribution in [3.8, 4) is 11.4 Å². The topological polar surface area (TPSA) is 111 Å². The van der Waals surface area contributed by atoms with Crippen LogP contribution in [0.3, 0.4) is 0 Å². The molecule has 3 rings (SSSR count). The normalized spacial score (nSPS) is 11.4. The second kappa shape index (κ2) is 8.09. The molecular weight excluding hydrogens is 406 g/mol. The molecule has 0 radical (unpaired) electrons. The first-order chi connectivity index (χ1) is 13.3. The van der Waals surface area contributed by atoms with Gasteiger partial charge in [0, 0.05) is 5.56 Å². The second-order valence-corrected chi connectivity index (χ2v) is 8.01. The third kappa shape index (κ3) is 4.38. The molecule has 0 saturated heterocycles. The molecule has 0 saturated carbocycles. The van der Waals surface area contributed by atoms with Gasteiger partial charge in [-0.25, -0.2) is 17.9 Å². The van der Waals surface area contributed by atoms with Crippen LogP contribution in [0.1, 0.15) is 21.8 Å². The van der Waals surface area contributed by atoms with Crippen molar-refractivity contribution in [3.05, 3.63) is 64.5 Å². The zero-order valence-corrected chi connectivity index (χ0v) is 16.5. The van der Waals surface area contributed by atoms with Crippen LogP contribution in [0, 0.1) is 6.92 Å². The first-order valence-corrected chi connectivity index (χ1v) is 9.93. The summed E-state index contributed by atoms with van der Waals surface area (Å²) in [7, 11) is -2.77. The molecule has 1 heterocycles. The summed E-state index contributed by atoms with van der Waals surface area (Å²) < 4.78 is 37.1. The van der Waals surface area contributed by atoms with Crippen LogP contribution in [0.25, 0.3) is 11.4 Å². The average molecular weight is 422 g/mol. The molecule has 0 amide bonds. The summed E-state index contributed by atoms with van der Waals surface area (Å²) >= 11 is 5.92. The minimum absolute atomic E-state index is 0.0495. The predicted molar refractivity (Wildman–Crippen MR) is 101 cm³/mol. The van der Waals surface area contributed by atoms with Gasteiger partial charge in [-0.3, -0.25) is 0 Å². The third-order valence-corrected chi connectivity index (χ3v) is 5.54. The van der Waals surface area contributed by atoms with Gasteiger partial charge in [0.1, 0.15) is 0 Å². The van der Waals surface area contributed by atoms with Gasteiger partial charge in [0.15, 0.2) is 0 Å². The van der Waals surface area contributed by atoms with E-state index < -0.39 is 16.0 Å². The Balaban J connectivity index is 1.76. The molecule has 0 aliphatic rings. The van der Waals surface area contributed by atoms with Crippen LogP contribution in [-0.2, 0) is 21.3 Å². The van der Waals surface area contributed by atoms with Crippen molar-refractivity contribution in [1.82, 2.24) is 14.9 Å². The summed E-state index contributed by atoms with van der Waals surface area (Å²) in [4.78, 5) is 15.7. The van der Waals surface area contributed by atoms with E-state index in [2.05, 4.69) is 19.6 Å². The van der Waals surface area contributed by atoms with Gasteiger partial charge in [-0.15, -0.1) is 0 Å². The zero-order valence-electron chi connectivity index (χ0n) is 15.0. The summed E-state index contributed by atoms with van der Waals surface area (Å²) in [6.07, 6.45) is 0. The van der Waals surface area contributed by atoms with E-state index in [9.17, 15) is 13.2 Å². The van der Waals surface area contributed by atoms with Crippen molar-refractivity contribution in [3.63, 3.8) is 0 Å². The lowest BCUT2D eigenvalue weighted by atomic mass is 10.1. The maximum Gasteiger partial charge on any atom is 0.339 e. The molecule has 2 aromatic carbocycles. The highest BCUT2D eigenvalue weighted by Crippen LogP contribution is 2.22. The number of aryl methyl sites for hydroxylation is 1. The van der Waals surface area contributed by atoms with Crippen molar-refractivity contribution in [2.45, 2.75) is 18.4 Å². The number of sulfonamides is 1. The highest BCUT2D eigenvalue weighted by atomic mass is 35.5. The Hall–Kier alpha value is -2.75. The number of carbonyl (C=O) groups excluding carboxylic acids is 1. The number of ether oxygens (including phenoxy) is 1. The number of benzene rings is 2. The predicted octanol–water partition coefficient (Wildman–Crippen LogP) is 2.96. The number of aromatic nitrogens is 2. The standard InChI is InChI=1S/C18H16ClN3O5S/c1-11-4-3-5-12(8-11)17-21-16(27-22-17)10-20-28(24,25)13-6-7-15(19)14(9-13)18(23)26-2/h3-9,20H,10H2,1-2H3. The Morgan fingerprint density at radius 2 is 2.04 bits per heavy atom. The van der Waals surface area contributed by atoms with Crippen molar-refractivity contribution in [2.75, 3.05) is 7.11 Å². The van der Waals surface area contributed by atoms with Crippen LogP contribution < -0.4 is 4.72 Å². The van der Waals surface area contributed by atoms with Crippen molar-refractivity contribution < 1.29 is 22.5 Å². The Kier molecular flexibility index (Phi) is 5.78. The molecule has 8 nitrogen and oxygen atoms in total. The highest BCUT2D eigenvalue weighted by molar-refractivity contribution is 7.89. The maximum absolute atomic E-state index is 12.5. The van der Waals surface area contributed by atoms with Gasteiger partial charge in [-0.2, -0.15) is 4.98 Å². The van der Waals surface area contributed by atoms with Gasteiger partial charge in [0.25, 0.3) is 0 Å². The summed E-state index contributed by atoms with van der Waals surface area (Å²) in [6.45, 7) is 1.73. The van der Waals surface area contributed by atoms with Gasteiger partial charge >= 0.3 is 5.97 Å². The fourth-order valence-corrected chi connectivity index (χ4v) is 3.60. The molecule has 1 N–H and O–H groups in total. The van der Waals surface area contributed by atoms with Crippen LogP contribution in [-0.4, -0.2) is 31.6 Å². The van der Waals surface area contributed by atoms with E-state index in [-0.39, 0.29) is 27.9 Å². The smallest absolute Gasteiger partial charge is 0.339 e. The molecule has 0 aliphatic heterocycles. The van der Waals surface area contributed by atoms with Gasteiger partial charge in [0.2, 0.25) is 21.7 Å². The second-order valence-electron chi connectivity index (χ2n) is 5.84. The van der Waals surface area contributed by atoms with E-state index in [1.165, 1.54) is 19.2 Å². The Morgan fingerprint density at radius 3 is 2.75 bits per heavy atom. The molecule has 1 aromatic heterocycles. The summed E-state index contributed by atoms with van der Waals surface area (Å²) in [5, 5.41) is 3.95. The third-order valence-electron chi connectivity index (χ3n) is 3.81. The number of hydrogen-bond acceptors (Lipinski definition) is 7. The number of nitrogens with one attached hydrogen (secondary N) is 1. The minimum atomic E-state index is -3.95. The fraction of sp³-hybridized carbons (Fsp3) is 0.167. The van der Waals surface area contributed by atoms with E-state index >= 15 is 0 Å². The molecule has 0 spiro atoms. The molecule has 3 aromatic rings. The number of carbonyl (C=O) groups is 1.